The van der Waals surface area contributed by atoms with Crippen LogP contribution in [0.15, 0.2) is 53.7 Å². The number of nitrogens with one attached hydrogen (secondary N) is 3. The first-order valence-electron chi connectivity index (χ1n) is 22.1. The Labute approximate surface area is 368 Å². The fraction of sp³-hybridized carbons (Fsp3) is 0.500. The molecule has 0 aliphatic carbocycles. The number of ether oxygens (including phenoxy) is 4. The van der Waals surface area contributed by atoms with E-state index < -0.39 is 24.3 Å². The van der Waals surface area contributed by atoms with E-state index in [1.807, 2.05) is 50.6 Å². The van der Waals surface area contributed by atoms with E-state index in [4.69, 9.17) is 28.9 Å². The predicted octanol–water partition coefficient (Wildman–Crippen LogP) is 7.48. The number of benzene rings is 3. The van der Waals surface area contributed by atoms with E-state index in [9.17, 15) is 19.2 Å². The van der Waals surface area contributed by atoms with Gasteiger partial charge < -0.3 is 44.4 Å². The molecule has 4 aliphatic rings. The number of H-pyrrole nitrogens is 1. The average Bonchev–Trinajstić information content (AvgIpc) is 4.11. The lowest BCUT2D eigenvalue weighted by Gasteiger charge is -2.33. The highest BCUT2D eigenvalue weighted by Gasteiger charge is 2.44. The second-order valence-corrected chi connectivity index (χ2v) is 17.9. The van der Waals surface area contributed by atoms with Gasteiger partial charge in [-0.25, -0.2) is 14.6 Å². The van der Waals surface area contributed by atoms with Crippen molar-refractivity contribution in [3.63, 3.8) is 0 Å². The highest BCUT2D eigenvalue weighted by molar-refractivity contribution is 6.06. The fourth-order valence-electron chi connectivity index (χ4n) is 9.91. The third-order valence-electron chi connectivity index (χ3n) is 13.5. The van der Waals surface area contributed by atoms with Gasteiger partial charge in [-0.1, -0.05) is 52.3 Å². The molecular weight excluding hydrogens is 803 g/mol. The minimum absolute atomic E-state index is 0.0160. The van der Waals surface area contributed by atoms with Crippen LogP contribution in [0.4, 0.5) is 15.3 Å². The van der Waals surface area contributed by atoms with Gasteiger partial charge in [-0.2, -0.15) is 0 Å². The fourth-order valence-corrected chi connectivity index (χ4v) is 9.91. The van der Waals surface area contributed by atoms with Gasteiger partial charge in [0.25, 0.3) is 0 Å². The Balaban J connectivity index is 1.02. The number of carbonyl (C=O) groups is 4. The third-order valence-corrected chi connectivity index (χ3v) is 13.5. The lowest BCUT2D eigenvalue weighted by Crippen LogP contribution is -2.53. The van der Waals surface area contributed by atoms with Crippen LogP contribution in [0, 0.1) is 17.8 Å². The highest BCUT2D eigenvalue weighted by atomic mass is 16.5. The van der Waals surface area contributed by atoms with E-state index in [1.54, 1.807) is 7.11 Å². The van der Waals surface area contributed by atoms with Crippen LogP contribution in [0.3, 0.4) is 0 Å². The molecular formula is C48H59N7O8. The molecule has 334 valence electrons. The number of alkyl carbamates (subject to hydrolysis) is 2. The normalized spacial score (nSPS) is 21.5. The van der Waals surface area contributed by atoms with Crippen molar-refractivity contribution in [1.82, 2.24) is 30.4 Å². The summed E-state index contributed by atoms with van der Waals surface area (Å²) in [7, 11) is 4.28. The van der Waals surface area contributed by atoms with Gasteiger partial charge in [-0.3, -0.25) is 14.6 Å². The zero-order valence-corrected chi connectivity index (χ0v) is 37.4. The summed E-state index contributed by atoms with van der Waals surface area (Å²) in [5, 5.41) is 7.67. The summed E-state index contributed by atoms with van der Waals surface area (Å²) in [6, 6.07) is 12.9. The van der Waals surface area contributed by atoms with Crippen molar-refractivity contribution in [3.8, 4) is 28.1 Å². The van der Waals surface area contributed by atoms with Gasteiger partial charge >= 0.3 is 12.2 Å². The summed E-state index contributed by atoms with van der Waals surface area (Å²) < 4.78 is 21.7. The molecule has 15 nitrogen and oxygen atoms in total. The van der Waals surface area contributed by atoms with Gasteiger partial charge in [0.2, 0.25) is 11.8 Å². The van der Waals surface area contributed by atoms with E-state index in [-0.39, 0.29) is 47.7 Å². The molecule has 0 radical (unpaired) electrons. The molecule has 5 heterocycles. The number of aliphatic imine (C=N–C) groups is 1. The Morgan fingerprint density at radius 1 is 0.921 bits per heavy atom. The lowest BCUT2D eigenvalue weighted by atomic mass is 9.90. The van der Waals surface area contributed by atoms with Crippen LogP contribution < -0.4 is 15.4 Å². The number of methoxy groups -OCH3 is 3. The summed E-state index contributed by atoms with van der Waals surface area (Å²) in [6.45, 7) is 11.3. The molecule has 0 unspecified atom stereocenters. The van der Waals surface area contributed by atoms with Crippen molar-refractivity contribution < 1.29 is 38.1 Å². The summed E-state index contributed by atoms with van der Waals surface area (Å²) >= 11 is 0. The van der Waals surface area contributed by atoms with Crippen molar-refractivity contribution in [2.24, 2.45) is 22.7 Å². The molecule has 0 saturated carbocycles. The number of likely N-dealkylation sites (tertiary alicyclic amines) is 2. The quantitative estimate of drug-likeness (QED) is 0.130. The second-order valence-electron chi connectivity index (χ2n) is 17.9. The van der Waals surface area contributed by atoms with Crippen LogP contribution in [-0.4, -0.2) is 108 Å². The molecule has 1 aromatic heterocycles. The zero-order chi connectivity index (χ0) is 44.7. The monoisotopic (exact) mass is 861 g/mol. The van der Waals surface area contributed by atoms with Crippen LogP contribution in [0.5, 0.6) is 5.75 Å². The maximum atomic E-state index is 14.1. The number of nitrogens with zero attached hydrogens (tertiary/aromatic N) is 4. The number of hydrogen-bond donors (Lipinski definition) is 3. The first-order valence-corrected chi connectivity index (χ1v) is 22.1. The third kappa shape index (κ3) is 8.34. The van der Waals surface area contributed by atoms with Crippen molar-refractivity contribution in [2.75, 3.05) is 34.5 Å². The molecule has 2 saturated heterocycles. The molecule has 0 bridgehead atoms. The maximum Gasteiger partial charge on any atom is 0.407 e. The van der Waals surface area contributed by atoms with Gasteiger partial charge in [0.15, 0.2) is 0 Å². The van der Waals surface area contributed by atoms with Crippen LogP contribution in [0.2, 0.25) is 0 Å². The number of fused-ring (bicyclic) bond motifs is 6. The van der Waals surface area contributed by atoms with Crippen molar-refractivity contribution in [3.05, 3.63) is 65.6 Å². The Bertz CT molecular complexity index is 2450. The highest BCUT2D eigenvalue weighted by Crippen LogP contribution is 2.45. The van der Waals surface area contributed by atoms with Crippen LogP contribution >= 0.6 is 0 Å². The van der Waals surface area contributed by atoms with Crippen molar-refractivity contribution in [2.45, 2.75) is 104 Å². The van der Waals surface area contributed by atoms with Gasteiger partial charge in [0, 0.05) is 43.3 Å². The van der Waals surface area contributed by atoms with Crippen molar-refractivity contribution in [1.29, 1.82) is 0 Å². The molecule has 63 heavy (non-hydrogen) atoms. The molecule has 4 amide bonds. The molecule has 2 fully saturated rings. The molecule has 3 aromatic carbocycles. The lowest BCUT2D eigenvalue weighted by molar-refractivity contribution is -0.137. The zero-order valence-electron chi connectivity index (χ0n) is 37.4. The topological polar surface area (TPSA) is 177 Å². The summed E-state index contributed by atoms with van der Waals surface area (Å²) in [5.41, 5.74) is 7.89. The molecule has 8 rings (SSSR count). The number of carbonyl (C=O) groups excluding carboxylic acids is 4. The molecule has 4 aliphatic heterocycles. The standard InChI is InChI=1S/C48H59N7O8/c1-9-26(4)43(53-48(59)62-8)46(57)55-27(5)10-15-39(55)44-49-21-38(51-44)30-11-13-32-31(17-30)24-63-41-20-33-29(18-35(32)41)12-14-36-34(33)19-37(50-36)40-16-28(23-60-6)22-54(40)45(56)42(25(2)3)52-47(58)61-7/h11-14,17-18,20-21,25-28,39-40,42-43H,9-10,15-16,19,22-24H2,1-8H3,(H,49,51)(H,52,58)(H,53,59)/t26-,27-,28-,39-,40-,42-,43-/m0/s1. The Hall–Kier alpha value is -5.96. The van der Waals surface area contributed by atoms with Crippen LogP contribution in [-0.2, 0) is 36.8 Å². The number of hydrogen-bond acceptors (Lipinski definition) is 10. The first-order chi connectivity index (χ1) is 30.3. The van der Waals surface area contributed by atoms with Gasteiger partial charge in [-0.05, 0) is 95.3 Å². The van der Waals surface area contributed by atoms with Gasteiger partial charge in [0.05, 0.1) is 50.5 Å². The summed E-state index contributed by atoms with van der Waals surface area (Å²) in [5.74, 6) is 1.15. The average molecular weight is 862 g/mol. The van der Waals surface area contributed by atoms with E-state index in [2.05, 4.69) is 58.1 Å². The molecule has 4 aromatic rings. The summed E-state index contributed by atoms with van der Waals surface area (Å²) in [4.78, 5) is 69.8. The Morgan fingerprint density at radius 2 is 1.68 bits per heavy atom. The molecule has 0 spiro atoms. The van der Waals surface area contributed by atoms with Crippen LogP contribution in [0.1, 0.15) is 83.3 Å². The summed E-state index contributed by atoms with van der Waals surface area (Å²) in [6.07, 6.45) is 4.18. The van der Waals surface area contributed by atoms with Crippen molar-refractivity contribution >= 4 is 46.2 Å². The van der Waals surface area contributed by atoms with E-state index in [1.165, 1.54) is 14.2 Å². The number of aromatic amines is 1. The number of amides is 4. The number of imidazole rings is 1. The Kier molecular flexibility index (Phi) is 12.5. The van der Waals surface area contributed by atoms with E-state index >= 15 is 0 Å². The minimum atomic E-state index is -0.734. The van der Waals surface area contributed by atoms with Gasteiger partial charge in [0.1, 0.15) is 30.3 Å². The number of rotatable bonds is 12. The predicted molar refractivity (Wildman–Crippen MR) is 239 cm³/mol. The SMILES string of the molecule is CC[C@H](C)[C@H](NC(=O)OC)C(=O)N1[C@@H](C)CC[C@H]1c1ncc(-c2ccc3c(c2)COc2cc4c5c(ccc4cc2-3)N=C([C@@H]2C[C@H](COC)CN2C(=O)[C@@H](NC(=O)OC)C(C)C)C5)[nH]1. The second kappa shape index (κ2) is 18.0. The van der Waals surface area contributed by atoms with E-state index in [0.29, 0.717) is 32.0 Å². The van der Waals surface area contributed by atoms with E-state index in [0.717, 1.165) is 87.1 Å². The number of aromatic nitrogens is 2. The van der Waals surface area contributed by atoms with Crippen LogP contribution in [0.25, 0.3) is 33.2 Å². The minimum Gasteiger partial charge on any atom is -0.488 e. The smallest absolute Gasteiger partial charge is 0.407 e. The molecule has 15 heteroatoms. The molecule has 7 atom stereocenters. The maximum absolute atomic E-state index is 14.1. The Morgan fingerprint density at radius 3 is 2.40 bits per heavy atom. The van der Waals surface area contributed by atoms with Gasteiger partial charge in [-0.15, -0.1) is 0 Å². The first kappa shape index (κ1) is 43.7. The largest absolute Gasteiger partial charge is 0.488 e. The molecule has 3 N–H and O–H groups in total.